The molecule has 0 aromatic rings. The molecule has 8 heteroatoms. The fourth-order valence-electron chi connectivity index (χ4n) is 1.66. The molecule has 0 aromatic carbocycles. The summed E-state index contributed by atoms with van der Waals surface area (Å²) in [6.07, 6.45) is -3.29. The number of hydrogen-bond acceptors (Lipinski definition) is 4. The lowest BCUT2D eigenvalue weighted by Crippen LogP contribution is -2.33. The van der Waals surface area contributed by atoms with Gasteiger partial charge in [-0.25, -0.2) is 0 Å². The third-order valence-corrected chi connectivity index (χ3v) is 2.10. The summed E-state index contributed by atoms with van der Waals surface area (Å²) in [7, 11) is 0. The first-order chi connectivity index (χ1) is 7.67. The highest BCUT2D eigenvalue weighted by molar-refractivity contribution is 5.79. The van der Waals surface area contributed by atoms with E-state index >= 15 is 0 Å². The van der Waals surface area contributed by atoms with E-state index < -0.39 is 55.0 Å². The van der Waals surface area contributed by atoms with E-state index in [0.29, 0.717) is 0 Å². The van der Waals surface area contributed by atoms with Gasteiger partial charge in [-0.3, -0.25) is 19.2 Å². The third-order valence-electron chi connectivity index (χ3n) is 2.10. The molecule has 4 N–H and O–H groups in total. The summed E-state index contributed by atoms with van der Waals surface area (Å²) in [6, 6.07) is 0. The smallest absolute Gasteiger partial charge is 0.303 e. The Balaban J connectivity index is 5.16. The molecule has 0 heterocycles. The fourth-order valence-corrected chi connectivity index (χ4v) is 1.66. The maximum Gasteiger partial charge on any atom is 0.303 e. The molecule has 0 aliphatic rings. The van der Waals surface area contributed by atoms with Crippen LogP contribution < -0.4 is 0 Å². The van der Waals surface area contributed by atoms with Gasteiger partial charge < -0.3 is 20.4 Å². The number of hydrogen-bond donors (Lipinski definition) is 4. The molecule has 96 valence electrons. The predicted molar refractivity (Wildman–Crippen MR) is 51.4 cm³/mol. The van der Waals surface area contributed by atoms with E-state index in [-0.39, 0.29) is 0 Å². The highest BCUT2D eigenvalue weighted by Gasteiger charge is 2.39. The molecule has 0 bridgehead atoms. The van der Waals surface area contributed by atoms with Gasteiger partial charge in [-0.1, -0.05) is 0 Å². The number of carboxylic acids is 4. The number of carboxylic acid groups (broad SMARTS) is 4. The van der Waals surface area contributed by atoms with Crippen molar-refractivity contribution in [3.05, 3.63) is 0 Å². The molecule has 8 nitrogen and oxygen atoms in total. The van der Waals surface area contributed by atoms with Crippen LogP contribution in [0.25, 0.3) is 0 Å². The van der Waals surface area contributed by atoms with Crippen molar-refractivity contribution in [3.8, 4) is 0 Å². The topological polar surface area (TPSA) is 149 Å². The molecule has 0 atom stereocenters. The van der Waals surface area contributed by atoms with Crippen molar-refractivity contribution in [1.82, 2.24) is 0 Å². The van der Waals surface area contributed by atoms with E-state index in [4.69, 9.17) is 20.4 Å². The third kappa shape index (κ3) is 6.13. The van der Waals surface area contributed by atoms with Crippen LogP contribution in [-0.4, -0.2) is 44.3 Å². The van der Waals surface area contributed by atoms with Crippen LogP contribution in [0.15, 0.2) is 0 Å². The van der Waals surface area contributed by atoms with Gasteiger partial charge in [0.05, 0.1) is 25.7 Å². The van der Waals surface area contributed by atoms with Gasteiger partial charge in [-0.2, -0.15) is 0 Å². The van der Waals surface area contributed by atoms with Crippen LogP contribution in [0.4, 0.5) is 0 Å². The number of carbonyl (C=O) groups is 4. The Morgan fingerprint density at radius 3 is 0.882 bits per heavy atom. The van der Waals surface area contributed by atoms with Crippen LogP contribution in [-0.2, 0) is 19.2 Å². The Morgan fingerprint density at radius 1 is 0.588 bits per heavy atom. The first-order valence-electron chi connectivity index (χ1n) is 4.54. The van der Waals surface area contributed by atoms with Crippen LogP contribution >= 0.6 is 0 Å². The Kier molecular flexibility index (Phi) is 5.10. The van der Waals surface area contributed by atoms with Crippen molar-refractivity contribution in [2.75, 3.05) is 0 Å². The van der Waals surface area contributed by atoms with Crippen molar-refractivity contribution in [2.45, 2.75) is 25.7 Å². The molecule has 17 heavy (non-hydrogen) atoms. The van der Waals surface area contributed by atoms with Crippen molar-refractivity contribution in [1.29, 1.82) is 0 Å². The summed E-state index contributed by atoms with van der Waals surface area (Å²) >= 11 is 0. The van der Waals surface area contributed by atoms with Crippen LogP contribution in [0, 0.1) is 5.41 Å². The first kappa shape index (κ1) is 14.9. The zero-order chi connectivity index (χ0) is 13.6. The zero-order valence-electron chi connectivity index (χ0n) is 8.75. The number of aliphatic carboxylic acids is 4. The highest BCUT2D eigenvalue weighted by atomic mass is 16.4. The lowest BCUT2D eigenvalue weighted by molar-refractivity contribution is -0.150. The van der Waals surface area contributed by atoms with E-state index in [1.165, 1.54) is 0 Å². The largest absolute Gasteiger partial charge is 0.481 e. The summed E-state index contributed by atoms with van der Waals surface area (Å²) in [5.41, 5.74) is -1.81. The highest BCUT2D eigenvalue weighted by Crippen LogP contribution is 2.35. The lowest BCUT2D eigenvalue weighted by atomic mass is 9.75. The van der Waals surface area contributed by atoms with Crippen molar-refractivity contribution in [3.63, 3.8) is 0 Å². The molecule has 0 aliphatic heterocycles. The van der Waals surface area contributed by atoms with Gasteiger partial charge >= 0.3 is 23.9 Å². The van der Waals surface area contributed by atoms with Gasteiger partial charge in [0.25, 0.3) is 0 Å². The summed E-state index contributed by atoms with van der Waals surface area (Å²) in [5, 5.41) is 34.4. The Bertz CT molecular complexity index is 275. The van der Waals surface area contributed by atoms with Gasteiger partial charge in [0.2, 0.25) is 0 Å². The predicted octanol–water partition coefficient (Wildman–Crippen LogP) is -0.128. The van der Waals surface area contributed by atoms with Crippen molar-refractivity contribution < 1.29 is 39.6 Å². The van der Waals surface area contributed by atoms with Crippen molar-refractivity contribution in [2.24, 2.45) is 5.41 Å². The Labute approximate surface area is 95.5 Å². The van der Waals surface area contributed by atoms with E-state index in [2.05, 4.69) is 0 Å². The average molecular weight is 248 g/mol. The number of rotatable bonds is 8. The SMILES string of the molecule is O=C(O)CC(CC(=O)O)(CC(=O)O)CC(=O)O. The minimum atomic E-state index is -1.81. The maximum absolute atomic E-state index is 10.6. The average Bonchev–Trinajstić information content (AvgIpc) is 1.95. The maximum atomic E-state index is 10.6. The molecule has 0 rings (SSSR count). The molecule has 0 saturated heterocycles. The first-order valence-corrected chi connectivity index (χ1v) is 4.54. The lowest BCUT2D eigenvalue weighted by Gasteiger charge is -2.27. The van der Waals surface area contributed by atoms with E-state index in [0.717, 1.165) is 0 Å². The summed E-state index contributed by atoms with van der Waals surface area (Å²) in [5.74, 6) is -5.75. The molecule has 0 saturated carbocycles. The second-order valence-electron chi connectivity index (χ2n) is 3.78. The molecular weight excluding hydrogens is 236 g/mol. The molecular formula is C9H12O8. The van der Waals surface area contributed by atoms with Crippen LogP contribution in [0.1, 0.15) is 25.7 Å². The quantitative estimate of drug-likeness (QED) is 0.464. The van der Waals surface area contributed by atoms with Gasteiger partial charge in [-0.05, 0) is 0 Å². The van der Waals surface area contributed by atoms with E-state index in [1.807, 2.05) is 0 Å². The van der Waals surface area contributed by atoms with Gasteiger partial charge in [0, 0.05) is 5.41 Å². The summed E-state index contributed by atoms with van der Waals surface area (Å²) in [4.78, 5) is 42.3. The minimum Gasteiger partial charge on any atom is -0.481 e. The molecule has 0 aliphatic carbocycles. The molecule has 0 aromatic heterocycles. The standard InChI is InChI=1S/C9H12O8/c10-5(11)1-9(2-6(12)13,3-7(14)15)4-8(16)17/h1-4H2,(H,10,11)(H,12,13)(H,14,15)(H,16,17). The zero-order valence-corrected chi connectivity index (χ0v) is 8.75. The molecule has 0 fully saturated rings. The van der Waals surface area contributed by atoms with Crippen molar-refractivity contribution >= 4 is 23.9 Å². The van der Waals surface area contributed by atoms with E-state index in [1.54, 1.807) is 0 Å². The molecule has 0 amide bonds. The van der Waals surface area contributed by atoms with E-state index in [9.17, 15) is 19.2 Å². The van der Waals surface area contributed by atoms with Gasteiger partial charge in [0.15, 0.2) is 0 Å². The van der Waals surface area contributed by atoms with Crippen LogP contribution in [0.3, 0.4) is 0 Å². The fraction of sp³-hybridized carbons (Fsp3) is 0.556. The summed E-state index contributed by atoms with van der Waals surface area (Å²) < 4.78 is 0. The second-order valence-corrected chi connectivity index (χ2v) is 3.78. The monoisotopic (exact) mass is 248 g/mol. The normalized spacial score (nSPS) is 10.8. The van der Waals surface area contributed by atoms with Crippen LogP contribution in [0.2, 0.25) is 0 Å². The molecule has 0 radical (unpaired) electrons. The Morgan fingerprint density at radius 2 is 0.765 bits per heavy atom. The molecule has 0 spiro atoms. The Hall–Kier alpha value is -2.12. The van der Waals surface area contributed by atoms with Gasteiger partial charge in [-0.15, -0.1) is 0 Å². The minimum absolute atomic E-state index is 0.822. The molecule has 0 unspecified atom stereocenters. The van der Waals surface area contributed by atoms with Crippen LogP contribution in [0.5, 0.6) is 0 Å². The summed E-state index contributed by atoms with van der Waals surface area (Å²) in [6.45, 7) is 0. The second kappa shape index (κ2) is 5.83. The van der Waals surface area contributed by atoms with Gasteiger partial charge in [0.1, 0.15) is 0 Å².